The third-order valence-corrected chi connectivity index (χ3v) is 7.09. The van der Waals surface area contributed by atoms with Gasteiger partial charge in [-0.1, -0.05) is 19.4 Å². The summed E-state index contributed by atoms with van der Waals surface area (Å²) in [5.74, 6) is -0.611. The highest BCUT2D eigenvalue weighted by Crippen LogP contribution is 2.38. The van der Waals surface area contributed by atoms with E-state index in [4.69, 9.17) is 4.74 Å². The van der Waals surface area contributed by atoms with Crippen LogP contribution in [-0.2, 0) is 24.3 Å². The summed E-state index contributed by atoms with van der Waals surface area (Å²) in [6, 6.07) is 4.70. The number of aryl methyl sites for hydroxylation is 1. The number of sulfonamides is 1. The molecule has 0 unspecified atom stereocenters. The van der Waals surface area contributed by atoms with Crippen molar-refractivity contribution in [2.24, 2.45) is 11.8 Å². The van der Waals surface area contributed by atoms with E-state index in [-0.39, 0.29) is 23.4 Å². The molecule has 27 heavy (non-hydrogen) atoms. The van der Waals surface area contributed by atoms with Crippen LogP contribution in [0.3, 0.4) is 0 Å². The lowest BCUT2D eigenvalue weighted by molar-refractivity contribution is -0.148. The van der Waals surface area contributed by atoms with Crippen LogP contribution in [0, 0.1) is 18.8 Å². The van der Waals surface area contributed by atoms with Crippen LogP contribution in [0.4, 0.5) is 5.69 Å². The van der Waals surface area contributed by atoms with E-state index in [1.807, 2.05) is 6.92 Å². The Labute approximate surface area is 160 Å². The average molecular weight is 394 g/mol. The van der Waals surface area contributed by atoms with Crippen LogP contribution in [0.1, 0.15) is 38.2 Å². The molecule has 1 saturated carbocycles. The fourth-order valence-electron chi connectivity index (χ4n) is 3.23. The molecular formula is C19H26N2O5S. The van der Waals surface area contributed by atoms with E-state index in [1.165, 1.54) is 10.4 Å². The van der Waals surface area contributed by atoms with Gasteiger partial charge in [0.1, 0.15) is 0 Å². The number of carbonyl (C=O) groups is 2. The molecular weight excluding hydrogens is 368 g/mol. The summed E-state index contributed by atoms with van der Waals surface area (Å²) in [6.45, 7) is 4.42. The Bertz CT molecular complexity index is 831. The van der Waals surface area contributed by atoms with Gasteiger partial charge < -0.3 is 10.1 Å². The Hall–Kier alpha value is -1.93. The molecule has 3 rings (SSSR count). The van der Waals surface area contributed by atoms with Gasteiger partial charge >= 0.3 is 5.97 Å². The molecule has 1 amide bonds. The first-order chi connectivity index (χ1) is 12.8. The molecule has 148 valence electrons. The number of rotatable bonds is 6. The summed E-state index contributed by atoms with van der Waals surface area (Å²) in [7, 11) is -3.58. The molecule has 1 heterocycles. The standard InChI is InChI=1S/C19H26N2O5S/c1-13-6-7-15(27(24,25)21-8-4-3-5-9-21)11-17(13)20-18(22)12-26-19(23)16-10-14(16)2/h6-7,11,14,16H,3-5,8-10,12H2,1-2H3,(H,20,22)/t14-,16+/m0/s1. The first kappa shape index (κ1) is 19.8. The molecule has 0 spiro atoms. The lowest BCUT2D eigenvalue weighted by atomic mass is 10.2. The van der Waals surface area contributed by atoms with E-state index >= 15 is 0 Å². The lowest BCUT2D eigenvalue weighted by Crippen LogP contribution is -2.35. The Morgan fingerprint density at radius 3 is 2.52 bits per heavy atom. The zero-order valence-corrected chi connectivity index (χ0v) is 16.5. The van der Waals surface area contributed by atoms with Crippen LogP contribution in [0.15, 0.2) is 23.1 Å². The third-order valence-electron chi connectivity index (χ3n) is 5.19. The molecule has 2 aliphatic rings. The average Bonchev–Trinajstić information content (AvgIpc) is 3.39. The number of nitrogens with one attached hydrogen (secondary N) is 1. The fraction of sp³-hybridized carbons (Fsp3) is 0.579. The summed E-state index contributed by atoms with van der Waals surface area (Å²) >= 11 is 0. The Kier molecular flexibility index (Phi) is 5.86. The maximum Gasteiger partial charge on any atom is 0.309 e. The van der Waals surface area contributed by atoms with E-state index in [1.54, 1.807) is 19.1 Å². The topological polar surface area (TPSA) is 92.8 Å². The van der Waals surface area contributed by atoms with Crippen molar-refractivity contribution in [3.63, 3.8) is 0 Å². The van der Waals surface area contributed by atoms with E-state index in [0.29, 0.717) is 24.7 Å². The quantitative estimate of drug-likeness (QED) is 0.748. The molecule has 8 heteroatoms. The van der Waals surface area contributed by atoms with E-state index in [2.05, 4.69) is 5.32 Å². The Morgan fingerprint density at radius 1 is 1.22 bits per heavy atom. The summed E-state index contributed by atoms with van der Waals surface area (Å²) < 4.78 is 32.1. The van der Waals surface area contributed by atoms with Gasteiger partial charge in [-0.05, 0) is 49.8 Å². The van der Waals surface area contributed by atoms with Crippen LogP contribution < -0.4 is 5.32 Å². The smallest absolute Gasteiger partial charge is 0.309 e. The summed E-state index contributed by atoms with van der Waals surface area (Å²) in [5, 5.41) is 2.65. The molecule has 1 aliphatic heterocycles. The van der Waals surface area contributed by atoms with Crippen molar-refractivity contribution < 1.29 is 22.7 Å². The number of carbonyl (C=O) groups excluding carboxylic acids is 2. The predicted octanol–water partition coefficient (Wildman–Crippen LogP) is 2.31. The van der Waals surface area contributed by atoms with Crippen molar-refractivity contribution in [2.75, 3.05) is 25.0 Å². The van der Waals surface area contributed by atoms with Gasteiger partial charge in [0.25, 0.3) is 5.91 Å². The van der Waals surface area contributed by atoms with Crippen molar-refractivity contribution >= 4 is 27.6 Å². The van der Waals surface area contributed by atoms with Gasteiger partial charge in [-0.25, -0.2) is 8.42 Å². The number of amides is 1. The summed E-state index contributed by atoms with van der Waals surface area (Å²) in [6.07, 6.45) is 3.56. The van der Waals surface area contributed by atoms with Crippen molar-refractivity contribution in [3.05, 3.63) is 23.8 Å². The van der Waals surface area contributed by atoms with Crippen LogP contribution >= 0.6 is 0 Å². The highest BCUT2D eigenvalue weighted by Gasteiger charge is 2.40. The molecule has 0 aromatic heterocycles. The number of esters is 1. The van der Waals surface area contributed by atoms with Crippen molar-refractivity contribution in [1.29, 1.82) is 0 Å². The van der Waals surface area contributed by atoms with Gasteiger partial charge in [-0.3, -0.25) is 9.59 Å². The van der Waals surface area contributed by atoms with Crippen molar-refractivity contribution in [1.82, 2.24) is 4.31 Å². The predicted molar refractivity (Wildman–Crippen MR) is 101 cm³/mol. The molecule has 1 saturated heterocycles. The molecule has 0 radical (unpaired) electrons. The van der Waals surface area contributed by atoms with Crippen LogP contribution in [-0.4, -0.2) is 44.3 Å². The SMILES string of the molecule is Cc1ccc(S(=O)(=O)N2CCCCC2)cc1NC(=O)COC(=O)[C@@H]1C[C@@H]1C. The minimum absolute atomic E-state index is 0.0995. The highest BCUT2D eigenvalue weighted by molar-refractivity contribution is 7.89. The first-order valence-corrected chi connectivity index (χ1v) is 10.8. The van der Waals surface area contributed by atoms with E-state index in [0.717, 1.165) is 31.2 Å². The number of piperidine rings is 1. The van der Waals surface area contributed by atoms with Gasteiger partial charge in [0.15, 0.2) is 6.61 Å². The van der Waals surface area contributed by atoms with Gasteiger partial charge in [0.2, 0.25) is 10.0 Å². The number of hydrogen-bond acceptors (Lipinski definition) is 5. The maximum atomic E-state index is 12.8. The zero-order chi connectivity index (χ0) is 19.6. The second kappa shape index (κ2) is 7.98. The second-order valence-corrected chi connectivity index (χ2v) is 9.35. The normalized spacial score (nSPS) is 22.9. The largest absolute Gasteiger partial charge is 0.455 e. The number of ether oxygens (including phenoxy) is 1. The molecule has 2 fully saturated rings. The van der Waals surface area contributed by atoms with Gasteiger partial charge in [-0.15, -0.1) is 0 Å². The van der Waals surface area contributed by atoms with Gasteiger partial charge in [-0.2, -0.15) is 4.31 Å². The van der Waals surface area contributed by atoms with Crippen LogP contribution in [0.5, 0.6) is 0 Å². The minimum atomic E-state index is -3.58. The molecule has 2 atom stereocenters. The first-order valence-electron chi connectivity index (χ1n) is 9.36. The molecule has 1 N–H and O–H groups in total. The number of nitrogens with zero attached hydrogens (tertiary/aromatic N) is 1. The number of benzene rings is 1. The highest BCUT2D eigenvalue weighted by atomic mass is 32.2. The zero-order valence-electron chi connectivity index (χ0n) is 15.7. The molecule has 1 aliphatic carbocycles. The van der Waals surface area contributed by atoms with E-state index < -0.39 is 15.9 Å². The van der Waals surface area contributed by atoms with Crippen molar-refractivity contribution in [3.8, 4) is 0 Å². The molecule has 1 aromatic rings. The van der Waals surface area contributed by atoms with Gasteiger partial charge in [0.05, 0.1) is 10.8 Å². The second-order valence-electron chi connectivity index (χ2n) is 7.42. The molecule has 1 aromatic carbocycles. The monoisotopic (exact) mass is 394 g/mol. The van der Waals surface area contributed by atoms with E-state index in [9.17, 15) is 18.0 Å². The van der Waals surface area contributed by atoms with Crippen LogP contribution in [0.25, 0.3) is 0 Å². The lowest BCUT2D eigenvalue weighted by Gasteiger charge is -2.26. The minimum Gasteiger partial charge on any atom is -0.455 e. The fourth-order valence-corrected chi connectivity index (χ4v) is 4.77. The summed E-state index contributed by atoms with van der Waals surface area (Å²) in [5.41, 5.74) is 1.15. The Morgan fingerprint density at radius 2 is 1.89 bits per heavy atom. The van der Waals surface area contributed by atoms with Crippen LogP contribution in [0.2, 0.25) is 0 Å². The number of hydrogen-bond donors (Lipinski definition) is 1. The third kappa shape index (κ3) is 4.68. The molecule has 0 bridgehead atoms. The maximum absolute atomic E-state index is 12.8. The van der Waals surface area contributed by atoms with Crippen molar-refractivity contribution in [2.45, 2.75) is 44.4 Å². The molecule has 7 nitrogen and oxygen atoms in total. The summed E-state index contributed by atoms with van der Waals surface area (Å²) in [4.78, 5) is 24.0. The van der Waals surface area contributed by atoms with Gasteiger partial charge in [0, 0.05) is 18.8 Å². The number of anilines is 1. The Balaban J connectivity index is 1.66.